The Morgan fingerprint density at radius 1 is 1.22 bits per heavy atom. The minimum absolute atomic E-state index is 0.0868. The summed E-state index contributed by atoms with van der Waals surface area (Å²) in [7, 11) is 0. The topological polar surface area (TPSA) is 50.2 Å². The van der Waals surface area contributed by atoms with Crippen LogP contribution in [0.3, 0.4) is 0 Å². The standard InChI is InChI=1S/C21H24N4OS/c1-15-12-19(16(2)25(15)14-18-6-5-11-27-18)21(26)23-17-7-8-20(22-13-17)24-9-3-4-10-24/h5-8,11-13H,3-4,9-10,14H2,1-2H3,(H,23,26). The van der Waals surface area contributed by atoms with Crippen LogP contribution in [0.15, 0.2) is 41.9 Å². The second-order valence-electron chi connectivity index (χ2n) is 7.00. The van der Waals surface area contributed by atoms with Gasteiger partial charge in [0.15, 0.2) is 0 Å². The Morgan fingerprint density at radius 3 is 2.70 bits per heavy atom. The fraction of sp³-hybridized carbons (Fsp3) is 0.333. The molecule has 0 radical (unpaired) electrons. The molecule has 0 atom stereocenters. The van der Waals surface area contributed by atoms with E-state index in [0.29, 0.717) is 5.56 Å². The average Bonchev–Trinajstić information content (AvgIpc) is 3.41. The van der Waals surface area contributed by atoms with Crippen LogP contribution in [0.2, 0.25) is 0 Å². The molecule has 1 amide bonds. The van der Waals surface area contributed by atoms with Crippen molar-refractivity contribution >= 4 is 28.7 Å². The Labute approximate surface area is 163 Å². The van der Waals surface area contributed by atoms with Crippen molar-refractivity contribution in [1.29, 1.82) is 0 Å². The molecule has 0 bridgehead atoms. The van der Waals surface area contributed by atoms with Gasteiger partial charge in [0, 0.05) is 29.4 Å². The van der Waals surface area contributed by atoms with E-state index in [1.807, 2.05) is 32.0 Å². The molecule has 0 spiro atoms. The van der Waals surface area contributed by atoms with E-state index in [-0.39, 0.29) is 5.91 Å². The van der Waals surface area contributed by atoms with E-state index in [9.17, 15) is 4.79 Å². The Morgan fingerprint density at radius 2 is 2.04 bits per heavy atom. The molecule has 3 aromatic heterocycles. The highest BCUT2D eigenvalue weighted by atomic mass is 32.1. The molecular formula is C21H24N4OS. The zero-order valence-electron chi connectivity index (χ0n) is 15.7. The number of nitrogens with zero attached hydrogens (tertiary/aromatic N) is 3. The van der Waals surface area contributed by atoms with Gasteiger partial charge in [-0.15, -0.1) is 11.3 Å². The number of hydrogen-bond donors (Lipinski definition) is 1. The highest BCUT2D eigenvalue weighted by molar-refractivity contribution is 7.09. The number of nitrogens with one attached hydrogen (secondary N) is 1. The highest BCUT2D eigenvalue weighted by Gasteiger charge is 2.17. The van der Waals surface area contributed by atoms with Gasteiger partial charge in [-0.1, -0.05) is 6.07 Å². The molecule has 4 heterocycles. The van der Waals surface area contributed by atoms with Gasteiger partial charge in [-0.2, -0.15) is 0 Å². The van der Waals surface area contributed by atoms with Crippen molar-refractivity contribution in [3.8, 4) is 0 Å². The Balaban J connectivity index is 1.48. The molecule has 1 N–H and O–H groups in total. The summed E-state index contributed by atoms with van der Waals surface area (Å²) in [6, 6.07) is 10.1. The Bertz CT molecular complexity index is 922. The lowest BCUT2D eigenvalue weighted by Gasteiger charge is -2.16. The first-order valence-corrected chi connectivity index (χ1v) is 10.2. The summed E-state index contributed by atoms with van der Waals surface area (Å²) >= 11 is 1.73. The van der Waals surface area contributed by atoms with E-state index in [4.69, 9.17) is 0 Å². The first-order valence-electron chi connectivity index (χ1n) is 9.33. The maximum Gasteiger partial charge on any atom is 0.257 e. The van der Waals surface area contributed by atoms with E-state index in [2.05, 4.69) is 37.3 Å². The number of thiophene rings is 1. The molecule has 1 fully saturated rings. The van der Waals surface area contributed by atoms with Crippen LogP contribution in [0, 0.1) is 13.8 Å². The summed E-state index contributed by atoms with van der Waals surface area (Å²) in [5.74, 6) is 0.899. The predicted molar refractivity (Wildman–Crippen MR) is 111 cm³/mol. The Hall–Kier alpha value is -2.60. The van der Waals surface area contributed by atoms with Gasteiger partial charge in [0.05, 0.1) is 24.0 Å². The number of aryl methyl sites for hydroxylation is 1. The van der Waals surface area contributed by atoms with Gasteiger partial charge in [-0.3, -0.25) is 4.79 Å². The van der Waals surface area contributed by atoms with Crippen LogP contribution in [0.5, 0.6) is 0 Å². The molecule has 0 aliphatic carbocycles. The Kier molecular flexibility index (Phi) is 4.99. The largest absolute Gasteiger partial charge is 0.357 e. The van der Waals surface area contributed by atoms with Crippen molar-refractivity contribution in [1.82, 2.24) is 9.55 Å². The van der Waals surface area contributed by atoms with E-state index < -0.39 is 0 Å². The number of anilines is 2. The number of hydrogen-bond acceptors (Lipinski definition) is 4. The molecule has 140 valence electrons. The van der Waals surface area contributed by atoms with Crippen molar-refractivity contribution in [2.24, 2.45) is 0 Å². The molecule has 6 heteroatoms. The van der Waals surface area contributed by atoms with Gasteiger partial charge in [0.2, 0.25) is 0 Å². The number of carbonyl (C=O) groups excluding carboxylic acids is 1. The van der Waals surface area contributed by atoms with Gasteiger partial charge in [-0.05, 0) is 56.3 Å². The van der Waals surface area contributed by atoms with Crippen molar-refractivity contribution in [3.05, 3.63) is 63.7 Å². The maximum atomic E-state index is 12.8. The smallest absolute Gasteiger partial charge is 0.257 e. The molecule has 1 aliphatic heterocycles. The summed E-state index contributed by atoms with van der Waals surface area (Å²) in [6.45, 7) is 6.98. The van der Waals surface area contributed by atoms with Gasteiger partial charge in [0.1, 0.15) is 5.82 Å². The number of pyridine rings is 1. The molecule has 0 aromatic carbocycles. The first kappa shape index (κ1) is 17.8. The summed E-state index contributed by atoms with van der Waals surface area (Å²) in [5, 5.41) is 5.06. The number of aromatic nitrogens is 2. The molecule has 4 rings (SSSR count). The third kappa shape index (κ3) is 3.76. The molecule has 5 nitrogen and oxygen atoms in total. The first-order chi connectivity index (χ1) is 13.1. The molecule has 27 heavy (non-hydrogen) atoms. The van der Waals surface area contributed by atoms with Gasteiger partial charge in [-0.25, -0.2) is 4.98 Å². The predicted octanol–water partition coefficient (Wildman–Crippen LogP) is 4.46. The van der Waals surface area contributed by atoms with Crippen molar-refractivity contribution in [3.63, 3.8) is 0 Å². The van der Waals surface area contributed by atoms with E-state index in [0.717, 1.165) is 42.5 Å². The third-order valence-corrected chi connectivity index (χ3v) is 6.01. The van der Waals surface area contributed by atoms with E-state index in [1.54, 1.807) is 17.5 Å². The van der Waals surface area contributed by atoms with Crippen molar-refractivity contribution < 1.29 is 4.79 Å². The minimum Gasteiger partial charge on any atom is -0.357 e. The number of rotatable bonds is 5. The summed E-state index contributed by atoms with van der Waals surface area (Å²) in [5.41, 5.74) is 3.52. The molecule has 0 saturated carbocycles. The van der Waals surface area contributed by atoms with Crippen LogP contribution < -0.4 is 10.2 Å². The molecular weight excluding hydrogens is 356 g/mol. The molecule has 1 aliphatic rings. The van der Waals surface area contributed by atoms with E-state index >= 15 is 0 Å². The zero-order valence-corrected chi connectivity index (χ0v) is 16.6. The fourth-order valence-electron chi connectivity index (χ4n) is 3.62. The lowest BCUT2D eigenvalue weighted by Crippen LogP contribution is -2.19. The average molecular weight is 381 g/mol. The van der Waals surface area contributed by atoms with Crippen LogP contribution >= 0.6 is 11.3 Å². The molecule has 1 saturated heterocycles. The monoisotopic (exact) mass is 380 g/mol. The minimum atomic E-state index is -0.0868. The normalized spacial score (nSPS) is 13.9. The number of amides is 1. The highest BCUT2D eigenvalue weighted by Crippen LogP contribution is 2.22. The lowest BCUT2D eigenvalue weighted by atomic mass is 10.2. The number of carbonyl (C=O) groups is 1. The summed E-state index contributed by atoms with van der Waals surface area (Å²) < 4.78 is 2.19. The van der Waals surface area contributed by atoms with Crippen LogP contribution in [0.25, 0.3) is 0 Å². The SMILES string of the molecule is Cc1cc(C(=O)Nc2ccc(N3CCCC3)nc2)c(C)n1Cc1cccs1. The summed E-state index contributed by atoms with van der Waals surface area (Å²) in [4.78, 5) is 20.9. The maximum absolute atomic E-state index is 12.8. The second-order valence-corrected chi connectivity index (χ2v) is 8.04. The lowest BCUT2D eigenvalue weighted by molar-refractivity contribution is 0.102. The zero-order chi connectivity index (χ0) is 18.8. The third-order valence-electron chi connectivity index (χ3n) is 5.15. The van der Waals surface area contributed by atoms with Crippen molar-refractivity contribution in [2.45, 2.75) is 33.2 Å². The van der Waals surface area contributed by atoms with Gasteiger partial charge >= 0.3 is 0 Å². The van der Waals surface area contributed by atoms with Gasteiger partial charge < -0.3 is 14.8 Å². The van der Waals surface area contributed by atoms with Gasteiger partial charge in [0.25, 0.3) is 5.91 Å². The van der Waals surface area contributed by atoms with E-state index in [1.165, 1.54) is 17.7 Å². The quantitative estimate of drug-likeness (QED) is 0.711. The molecule has 3 aromatic rings. The van der Waals surface area contributed by atoms with Crippen LogP contribution in [0.1, 0.15) is 39.5 Å². The summed E-state index contributed by atoms with van der Waals surface area (Å²) in [6.07, 6.45) is 4.19. The van der Waals surface area contributed by atoms with Crippen molar-refractivity contribution in [2.75, 3.05) is 23.3 Å². The molecule has 0 unspecified atom stereocenters. The van der Waals surface area contributed by atoms with Crippen LogP contribution in [-0.2, 0) is 6.54 Å². The fourth-order valence-corrected chi connectivity index (χ4v) is 4.32. The van der Waals surface area contributed by atoms with Crippen LogP contribution in [0.4, 0.5) is 11.5 Å². The van der Waals surface area contributed by atoms with Crippen LogP contribution in [-0.4, -0.2) is 28.5 Å². The second kappa shape index (κ2) is 7.56.